The number of esters is 1. The molecule has 0 spiro atoms. The van der Waals surface area contributed by atoms with E-state index < -0.39 is 12.1 Å². The van der Waals surface area contributed by atoms with Crippen LogP contribution in [0.4, 0.5) is 0 Å². The zero-order valence-electron chi connectivity index (χ0n) is 10.1. The molecule has 0 amide bonds. The van der Waals surface area contributed by atoms with Crippen molar-refractivity contribution in [3.8, 4) is 0 Å². The highest BCUT2D eigenvalue weighted by atomic mass is 35.5. The van der Waals surface area contributed by atoms with Crippen molar-refractivity contribution < 1.29 is 18.7 Å². The first kappa shape index (κ1) is 13.4. The second-order valence-electron chi connectivity index (χ2n) is 3.90. The molecule has 0 fully saturated rings. The molecule has 0 aliphatic rings. The molecule has 0 aliphatic heterocycles. The minimum atomic E-state index is -0.890. The molecule has 98 valence electrons. The third-order valence-electron chi connectivity index (χ3n) is 2.50. The predicted molar refractivity (Wildman–Crippen MR) is 69.4 cm³/mol. The van der Waals surface area contributed by atoms with Crippen LogP contribution >= 0.6 is 11.6 Å². The van der Waals surface area contributed by atoms with E-state index in [4.69, 9.17) is 20.8 Å². The second-order valence-corrected chi connectivity index (χ2v) is 4.33. The van der Waals surface area contributed by atoms with E-state index in [1.807, 2.05) is 0 Å². The molecule has 0 N–H and O–H groups in total. The van der Waals surface area contributed by atoms with Gasteiger partial charge in [-0.25, -0.2) is 4.79 Å². The number of furan rings is 1. The summed E-state index contributed by atoms with van der Waals surface area (Å²) >= 11 is 5.74. The number of ketones is 1. The molecule has 0 saturated heterocycles. The molecule has 2 rings (SSSR count). The van der Waals surface area contributed by atoms with Gasteiger partial charge in [-0.2, -0.15) is 0 Å². The van der Waals surface area contributed by atoms with Crippen LogP contribution in [0, 0.1) is 0 Å². The predicted octanol–water partition coefficient (Wildman–Crippen LogP) is 3.36. The van der Waals surface area contributed by atoms with Crippen LogP contribution in [0.25, 0.3) is 0 Å². The fourth-order valence-electron chi connectivity index (χ4n) is 1.52. The Morgan fingerprint density at radius 3 is 2.47 bits per heavy atom. The number of Topliss-reactive ketones (excluding diaryl/α,β-unsaturated/α-hetero) is 1. The van der Waals surface area contributed by atoms with Gasteiger partial charge in [0, 0.05) is 10.6 Å². The highest BCUT2D eigenvalue weighted by molar-refractivity contribution is 6.30. The SMILES string of the molecule is C[C@@H](OC(=O)c1ccco1)C(=O)c1ccc(Cl)cc1. The van der Waals surface area contributed by atoms with Crippen molar-refractivity contribution in [2.75, 3.05) is 0 Å². The number of hydrogen-bond donors (Lipinski definition) is 0. The molecular weight excluding hydrogens is 268 g/mol. The van der Waals surface area contributed by atoms with Crippen LogP contribution in [-0.4, -0.2) is 17.9 Å². The van der Waals surface area contributed by atoms with E-state index in [0.29, 0.717) is 10.6 Å². The van der Waals surface area contributed by atoms with E-state index in [0.717, 1.165) is 0 Å². The lowest BCUT2D eigenvalue weighted by Gasteiger charge is -2.11. The van der Waals surface area contributed by atoms with Crippen LogP contribution in [0.15, 0.2) is 47.1 Å². The first-order valence-electron chi connectivity index (χ1n) is 5.62. The van der Waals surface area contributed by atoms with Crippen LogP contribution in [0.3, 0.4) is 0 Å². The van der Waals surface area contributed by atoms with Crippen molar-refractivity contribution in [1.29, 1.82) is 0 Å². The number of halogens is 1. The highest BCUT2D eigenvalue weighted by Gasteiger charge is 2.21. The summed E-state index contributed by atoms with van der Waals surface area (Å²) in [6.07, 6.45) is 0.473. The van der Waals surface area contributed by atoms with E-state index in [-0.39, 0.29) is 11.5 Å². The molecule has 0 bridgehead atoms. The van der Waals surface area contributed by atoms with Crippen LogP contribution in [0.5, 0.6) is 0 Å². The number of carbonyl (C=O) groups is 2. The largest absolute Gasteiger partial charge is 0.457 e. The van der Waals surface area contributed by atoms with Gasteiger partial charge in [-0.3, -0.25) is 4.79 Å². The maximum Gasteiger partial charge on any atom is 0.374 e. The van der Waals surface area contributed by atoms with Crippen LogP contribution in [-0.2, 0) is 4.74 Å². The number of carbonyl (C=O) groups excluding carboxylic acids is 2. The molecule has 0 aliphatic carbocycles. The van der Waals surface area contributed by atoms with Crippen LogP contribution < -0.4 is 0 Å². The lowest BCUT2D eigenvalue weighted by atomic mass is 10.1. The standard InChI is InChI=1S/C14H11ClO4/c1-9(19-14(17)12-3-2-8-18-12)13(16)10-4-6-11(15)7-5-10/h2-9H,1H3/t9-/m1/s1. The molecule has 1 heterocycles. The van der Waals surface area contributed by atoms with E-state index in [1.165, 1.54) is 19.3 Å². The highest BCUT2D eigenvalue weighted by Crippen LogP contribution is 2.13. The number of benzene rings is 1. The minimum Gasteiger partial charge on any atom is -0.457 e. The van der Waals surface area contributed by atoms with E-state index in [9.17, 15) is 9.59 Å². The summed E-state index contributed by atoms with van der Waals surface area (Å²) in [5, 5.41) is 0.539. The molecular formula is C14H11ClO4. The number of rotatable bonds is 4. The number of ether oxygens (including phenoxy) is 1. The molecule has 19 heavy (non-hydrogen) atoms. The summed E-state index contributed by atoms with van der Waals surface area (Å²) in [5.41, 5.74) is 0.434. The topological polar surface area (TPSA) is 56.5 Å². The van der Waals surface area contributed by atoms with Gasteiger partial charge in [0.2, 0.25) is 11.5 Å². The monoisotopic (exact) mass is 278 g/mol. The lowest BCUT2D eigenvalue weighted by Crippen LogP contribution is -2.24. The fraction of sp³-hybridized carbons (Fsp3) is 0.143. The quantitative estimate of drug-likeness (QED) is 0.635. The molecule has 0 saturated carbocycles. The van der Waals surface area contributed by atoms with Crippen molar-refractivity contribution in [2.45, 2.75) is 13.0 Å². The Hall–Kier alpha value is -2.07. The summed E-state index contributed by atoms with van der Waals surface area (Å²) in [6.45, 7) is 1.51. The zero-order chi connectivity index (χ0) is 13.8. The van der Waals surface area contributed by atoms with E-state index in [2.05, 4.69) is 0 Å². The summed E-state index contributed by atoms with van der Waals surface area (Å²) in [4.78, 5) is 23.6. The summed E-state index contributed by atoms with van der Waals surface area (Å²) in [6, 6.07) is 9.43. The molecule has 0 unspecified atom stereocenters. The fourth-order valence-corrected chi connectivity index (χ4v) is 1.64. The lowest BCUT2D eigenvalue weighted by molar-refractivity contribution is 0.0289. The van der Waals surface area contributed by atoms with Crippen LogP contribution in [0.2, 0.25) is 5.02 Å². The normalized spacial score (nSPS) is 11.9. The maximum atomic E-state index is 12.0. The molecule has 1 aromatic carbocycles. The Labute approximate surface area is 114 Å². The molecule has 5 heteroatoms. The Kier molecular flexibility index (Phi) is 4.02. The third kappa shape index (κ3) is 3.23. The maximum absolute atomic E-state index is 12.0. The van der Waals surface area contributed by atoms with Gasteiger partial charge in [-0.1, -0.05) is 11.6 Å². The van der Waals surface area contributed by atoms with E-state index in [1.54, 1.807) is 30.3 Å². The third-order valence-corrected chi connectivity index (χ3v) is 2.76. The molecule has 1 atom stereocenters. The Morgan fingerprint density at radius 1 is 1.21 bits per heavy atom. The van der Waals surface area contributed by atoms with Gasteiger partial charge < -0.3 is 9.15 Å². The molecule has 2 aromatic rings. The van der Waals surface area contributed by atoms with Gasteiger partial charge in [0.1, 0.15) is 0 Å². The molecule has 0 radical (unpaired) electrons. The van der Waals surface area contributed by atoms with Crippen molar-refractivity contribution >= 4 is 23.4 Å². The van der Waals surface area contributed by atoms with Gasteiger partial charge in [-0.15, -0.1) is 0 Å². The smallest absolute Gasteiger partial charge is 0.374 e. The van der Waals surface area contributed by atoms with Crippen molar-refractivity contribution in [3.05, 3.63) is 59.0 Å². The second kappa shape index (κ2) is 5.71. The van der Waals surface area contributed by atoms with Crippen molar-refractivity contribution in [1.82, 2.24) is 0 Å². The Morgan fingerprint density at radius 2 is 1.89 bits per heavy atom. The summed E-state index contributed by atoms with van der Waals surface area (Å²) in [5.74, 6) is -0.896. The van der Waals surface area contributed by atoms with Crippen molar-refractivity contribution in [3.63, 3.8) is 0 Å². The Bertz CT molecular complexity index is 572. The van der Waals surface area contributed by atoms with Gasteiger partial charge in [0.15, 0.2) is 6.10 Å². The average molecular weight is 279 g/mol. The first-order valence-corrected chi connectivity index (χ1v) is 6.00. The van der Waals surface area contributed by atoms with Gasteiger partial charge in [0.05, 0.1) is 6.26 Å². The minimum absolute atomic E-state index is 0.0655. The summed E-state index contributed by atoms with van der Waals surface area (Å²) < 4.78 is 9.92. The molecule has 1 aromatic heterocycles. The van der Waals surface area contributed by atoms with Gasteiger partial charge in [-0.05, 0) is 43.3 Å². The summed E-state index contributed by atoms with van der Waals surface area (Å²) in [7, 11) is 0. The first-order chi connectivity index (χ1) is 9.08. The number of hydrogen-bond acceptors (Lipinski definition) is 4. The van der Waals surface area contributed by atoms with Crippen molar-refractivity contribution in [2.24, 2.45) is 0 Å². The van der Waals surface area contributed by atoms with E-state index >= 15 is 0 Å². The zero-order valence-corrected chi connectivity index (χ0v) is 10.9. The van der Waals surface area contributed by atoms with Gasteiger partial charge in [0.25, 0.3) is 0 Å². The molecule has 4 nitrogen and oxygen atoms in total. The van der Waals surface area contributed by atoms with Crippen LogP contribution in [0.1, 0.15) is 27.8 Å². The average Bonchev–Trinajstić information content (AvgIpc) is 2.92. The van der Waals surface area contributed by atoms with Gasteiger partial charge >= 0.3 is 5.97 Å². The Balaban J connectivity index is 2.03.